The van der Waals surface area contributed by atoms with Gasteiger partial charge < -0.3 is 24.6 Å². The van der Waals surface area contributed by atoms with Crippen molar-refractivity contribution in [3.63, 3.8) is 0 Å². The number of hydrogen-bond acceptors (Lipinski definition) is 8. The van der Waals surface area contributed by atoms with Gasteiger partial charge in [-0.25, -0.2) is 4.98 Å². The molecule has 1 unspecified atom stereocenters. The third-order valence-electron chi connectivity index (χ3n) is 3.92. The van der Waals surface area contributed by atoms with E-state index < -0.39 is 7.60 Å². The zero-order chi connectivity index (χ0) is 18.2. The van der Waals surface area contributed by atoms with Crippen molar-refractivity contribution >= 4 is 24.7 Å². The van der Waals surface area contributed by atoms with Gasteiger partial charge in [-0.05, 0) is 13.3 Å². The second-order valence-corrected chi connectivity index (χ2v) is 7.97. The van der Waals surface area contributed by atoms with Crippen LogP contribution in [0.15, 0.2) is 6.33 Å². The van der Waals surface area contributed by atoms with Crippen molar-refractivity contribution in [3.05, 3.63) is 6.33 Å². The summed E-state index contributed by atoms with van der Waals surface area (Å²) in [6, 6.07) is 0. The average Bonchev–Trinajstić information content (AvgIpc) is 3.08. The first kappa shape index (κ1) is 18.1. The number of nitrogen functional groups attached to an aromatic ring is 1. The van der Waals surface area contributed by atoms with E-state index in [2.05, 4.69) is 15.0 Å². The molecule has 138 valence electrons. The minimum Gasteiger partial charge on any atom is -0.476 e. The Labute approximate surface area is 144 Å². The molecule has 0 aliphatic carbocycles. The van der Waals surface area contributed by atoms with Gasteiger partial charge in [0.25, 0.3) is 0 Å². The van der Waals surface area contributed by atoms with Crippen LogP contribution in [-0.2, 0) is 13.8 Å². The molecule has 2 aromatic heterocycles. The van der Waals surface area contributed by atoms with Crippen LogP contribution < -0.4 is 10.5 Å². The Kier molecular flexibility index (Phi) is 4.97. The molecule has 3 heterocycles. The minimum absolute atomic E-state index is 0.0546. The van der Waals surface area contributed by atoms with Crippen LogP contribution in [-0.4, -0.2) is 50.4 Å². The van der Waals surface area contributed by atoms with Crippen molar-refractivity contribution in [2.24, 2.45) is 5.92 Å². The van der Waals surface area contributed by atoms with E-state index in [0.29, 0.717) is 30.1 Å². The summed E-state index contributed by atoms with van der Waals surface area (Å²) >= 11 is 0. The van der Waals surface area contributed by atoms with Gasteiger partial charge >= 0.3 is 7.60 Å². The lowest BCUT2D eigenvalue weighted by atomic mass is 10.1. The molecular weight excluding hydrogens is 349 g/mol. The first-order valence-electron chi connectivity index (χ1n) is 8.01. The molecule has 4 atom stereocenters. The highest BCUT2D eigenvalue weighted by Gasteiger charge is 2.35. The van der Waals surface area contributed by atoms with Crippen molar-refractivity contribution in [2.75, 3.05) is 25.6 Å². The Hall–Kier alpha value is -1.74. The molecule has 0 saturated carbocycles. The lowest BCUT2D eigenvalue weighted by molar-refractivity contribution is -0.0263. The van der Waals surface area contributed by atoms with Crippen molar-refractivity contribution in [2.45, 2.75) is 32.6 Å². The molecule has 1 aliphatic heterocycles. The van der Waals surface area contributed by atoms with Crippen LogP contribution in [0, 0.1) is 5.92 Å². The summed E-state index contributed by atoms with van der Waals surface area (Å²) in [5.74, 6) is 0.560. The summed E-state index contributed by atoms with van der Waals surface area (Å²) in [5.41, 5.74) is 6.82. The maximum absolute atomic E-state index is 11.3. The first-order valence-corrected chi connectivity index (χ1v) is 10.0. The van der Waals surface area contributed by atoms with Crippen molar-refractivity contribution in [3.8, 4) is 5.88 Å². The van der Waals surface area contributed by atoms with E-state index in [4.69, 9.17) is 19.7 Å². The largest absolute Gasteiger partial charge is 0.476 e. The Morgan fingerprint density at radius 1 is 1.52 bits per heavy atom. The van der Waals surface area contributed by atoms with Gasteiger partial charge in [-0.3, -0.25) is 9.13 Å². The summed E-state index contributed by atoms with van der Waals surface area (Å²) in [4.78, 5) is 21.9. The number of rotatable bonds is 6. The average molecular weight is 371 g/mol. The van der Waals surface area contributed by atoms with E-state index in [-0.39, 0.29) is 30.8 Å². The molecule has 3 N–H and O–H groups in total. The van der Waals surface area contributed by atoms with Gasteiger partial charge in [0.15, 0.2) is 11.2 Å². The predicted octanol–water partition coefficient (Wildman–Crippen LogP) is 1.56. The maximum Gasteiger partial charge on any atom is 0.325 e. The monoisotopic (exact) mass is 371 g/mol. The zero-order valence-electron chi connectivity index (χ0n) is 14.3. The Balaban J connectivity index is 1.85. The summed E-state index contributed by atoms with van der Waals surface area (Å²) in [5, 5.41) is 0. The molecule has 1 fully saturated rings. The van der Waals surface area contributed by atoms with Gasteiger partial charge in [0.05, 0.1) is 25.6 Å². The molecule has 0 bridgehead atoms. The molecule has 3 rings (SSSR count). The lowest BCUT2D eigenvalue weighted by Crippen LogP contribution is -2.17. The molecule has 0 spiro atoms. The van der Waals surface area contributed by atoms with E-state index >= 15 is 0 Å². The van der Waals surface area contributed by atoms with Gasteiger partial charge in [-0.1, -0.05) is 6.92 Å². The number of anilines is 1. The van der Waals surface area contributed by atoms with E-state index in [9.17, 15) is 9.46 Å². The second-order valence-electron chi connectivity index (χ2n) is 6.10. The van der Waals surface area contributed by atoms with Gasteiger partial charge in [0.1, 0.15) is 6.23 Å². The van der Waals surface area contributed by atoms with Crippen LogP contribution in [0.4, 0.5) is 5.95 Å². The maximum atomic E-state index is 11.3. The van der Waals surface area contributed by atoms with Crippen molar-refractivity contribution in [1.29, 1.82) is 0 Å². The number of ether oxygens (including phenoxy) is 2. The molecule has 11 heteroatoms. The van der Waals surface area contributed by atoms with Crippen LogP contribution in [0.1, 0.15) is 26.5 Å². The summed E-state index contributed by atoms with van der Waals surface area (Å²) in [6.07, 6.45) is 1.67. The quantitative estimate of drug-likeness (QED) is 0.725. The second kappa shape index (κ2) is 6.87. The van der Waals surface area contributed by atoms with Gasteiger partial charge in [0, 0.05) is 12.6 Å². The fourth-order valence-electron chi connectivity index (χ4n) is 2.92. The SMILES string of the molecule is CCOc1nc(N)nc2c1ncn2[C@@H]1O[C@H](COP(C)(=O)O)C[C@@H]1C. The highest BCUT2D eigenvalue weighted by atomic mass is 31.2. The van der Waals surface area contributed by atoms with Crippen molar-refractivity contribution < 1.29 is 23.5 Å². The van der Waals surface area contributed by atoms with E-state index in [0.717, 1.165) is 6.66 Å². The molecule has 25 heavy (non-hydrogen) atoms. The third-order valence-corrected chi connectivity index (χ3v) is 4.54. The molecule has 2 aromatic rings. The van der Waals surface area contributed by atoms with Crippen LogP contribution >= 0.6 is 7.60 Å². The topological polar surface area (TPSA) is 135 Å². The minimum atomic E-state index is -3.53. The molecule has 10 nitrogen and oxygen atoms in total. The Morgan fingerprint density at radius 3 is 2.96 bits per heavy atom. The molecule has 1 saturated heterocycles. The van der Waals surface area contributed by atoms with Crippen LogP contribution in [0.5, 0.6) is 5.88 Å². The van der Waals surface area contributed by atoms with Gasteiger partial charge in [-0.15, -0.1) is 0 Å². The number of aromatic nitrogens is 4. The van der Waals surface area contributed by atoms with Crippen LogP contribution in [0.2, 0.25) is 0 Å². The smallest absolute Gasteiger partial charge is 0.325 e. The van der Waals surface area contributed by atoms with E-state index in [1.54, 1.807) is 10.9 Å². The van der Waals surface area contributed by atoms with Crippen LogP contribution in [0.3, 0.4) is 0 Å². The number of hydrogen-bond donors (Lipinski definition) is 2. The molecule has 0 aromatic carbocycles. The fourth-order valence-corrected chi connectivity index (χ4v) is 3.36. The molecule has 1 aliphatic rings. The third kappa shape index (κ3) is 3.92. The Bertz CT molecular complexity index is 806. The summed E-state index contributed by atoms with van der Waals surface area (Å²) < 4.78 is 29.5. The first-order chi connectivity index (χ1) is 11.8. The standard InChI is InChI=1S/C14H22N5O5P/c1-4-22-12-10-11(17-14(15)18-12)19(7-16-10)13-8(2)5-9(24-13)6-23-25(3,20)21/h7-9,13H,4-6H2,1-3H3,(H,20,21)(H2,15,17,18)/t8-,9-,13+/m0/s1. The van der Waals surface area contributed by atoms with E-state index in [1.165, 1.54) is 0 Å². The number of nitrogens with two attached hydrogens (primary N) is 1. The predicted molar refractivity (Wildman–Crippen MR) is 90.3 cm³/mol. The highest BCUT2D eigenvalue weighted by molar-refractivity contribution is 7.51. The molecule has 0 amide bonds. The summed E-state index contributed by atoms with van der Waals surface area (Å²) in [6.45, 7) is 5.52. The van der Waals surface area contributed by atoms with Crippen LogP contribution in [0.25, 0.3) is 11.2 Å². The highest BCUT2D eigenvalue weighted by Crippen LogP contribution is 2.41. The molecule has 0 radical (unpaired) electrons. The van der Waals surface area contributed by atoms with Crippen molar-refractivity contribution in [1.82, 2.24) is 19.5 Å². The Morgan fingerprint density at radius 2 is 2.28 bits per heavy atom. The lowest BCUT2D eigenvalue weighted by Gasteiger charge is -2.18. The molecular formula is C14H22N5O5P. The van der Waals surface area contributed by atoms with Gasteiger partial charge in [0.2, 0.25) is 11.8 Å². The normalized spacial score (nSPS) is 26.0. The number of nitrogens with zero attached hydrogens (tertiary/aromatic N) is 4. The fraction of sp³-hybridized carbons (Fsp3) is 0.643. The zero-order valence-corrected chi connectivity index (χ0v) is 15.2. The van der Waals surface area contributed by atoms with E-state index in [1.807, 2.05) is 13.8 Å². The number of imidazole rings is 1. The number of fused-ring (bicyclic) bond motifs is 1. The van der Waals surface area contributed by atoms with Gasteiger partial charge in [-0.2, -0.15) is 9.97 Å². The summed E-state index contributed by atoms with van der Waals surface area (Å²) in [7, 11) is -3.53.